The number of benzene rings is 2. The first kappa shape index (κ1) is 17.0. The number of aromatic nitrogens is 3. The first-order valence-corrected chi connectivity index (χ1v) is 8.72. The van der Waals surface area contributed by atoms with E-state index in [2.05, 4.69) is 20.5 Å². The van der Waals surface area contributed by atoms with Crippen molar-refractivity contribution in [2.75, 3.05) is 7.11 Å². The third-order valence-electron chi connectivity index (χ3n) is 3.61. The van der Waals surface area contributed by atoms with Crippen LogP contribution < -0.4 is 10.1 Å². The Bertz CT molecular complexity index is 837. The molecule has 6 nitrogen and oxygen atoms in total. The average Bonchev–Trinajstić information content (AvgIpc) is 3.18. The highest BCUT2D eigenvalue weighted by molar-refractivity contribution is 7.98. The van der Waals surface area contributed by atoms with E-state index in [0.29, 0.717) is 17.9 Å². The number of hydrogen-bond donors (Lipinski definition) is 2. The van der Waals surface area contributed by atoms with E-state index >= 15 is 0 Å². The van der Waals surface area contributed by atoms with Crippen molar-refractivity contribution >= 4 is 17.7 Å². The zero-order valence-corrected chi connectivity index (χ0v) is 14.5. The number of nitrogens with zero attached hydrogens (tertiary/aromatic N) is 2. The third-order valence-corrected chi connectivity index (χ3v) is 4.53. The molecule has 1 heterocycles. The predicted molar refractivity (Wildman–Crippen MR) is 96.5 cm³/mol. The molecule has 25 heavy (non-hydrogen) atoms. The van der Waals surface area contributed by atoms with E-state index in [1.807, 2.05) is 48.5 Å². The molecule has 3 aromatic rings. The molecule has 0 atom stereocenters. The number of carbonyl (C=O) groups excluding carboxylic acids is 1. The highest BCUT2D eigenvalue weighted by Gasteiger charge is 2.11. The van der Waals surface area contributed by atoms with Gasteiger partial charge in [0.25, 0.3) is 5.91 Å². The van der Waals surface area contributed by atoms with Crippen LogP contribution in [0.25, 0.3) is 0 Å². The number of carbonyl (C=O) groups is 1. The van der Waals surface area contributed by atoms with E-state index < -0.39 is 0 Å². The van der Waals surface area contributed by atoms with Crippen LogP contribution in [0.4, 0.5) is 0 Å². The number of thioether (sulfide) groups is 1. The third kappa shape index (κ3) is 4.60. The number of nitrogens with one attached hydrogen (secondary N) is 2. The molecule has 2 N–H and O–H groups in total. The minimum absolute atomic E-state index is 0.100. The van der Waals surface area contributed by atoms with E-state index in [-0.39, 0.29) is 5.91 Å². The van der Waals surface area contributed by atoms with Crippen LogP contribution in [-0.4, -0.2) is 28.2 Å². The molecule has 1 amide bonds. The Morgan fingerprint density at radius 3 is 2.92 bits per heavy atom. The van der Waals surface area contributed by atoms with Gasteiger partial charge in [0.2, 0.25) is 0 Å². The Morgan fingerprint density at radius 1 is 1.24 bits per heavy atom. The van der Waals surface area contributed by atoms with Crippen molar-refractivity contribution in [3.05, 3.63) is 71.5 Å². The topological polar surface area (TPSA) is 79.9 Å². The Balaban J connectivity index is 1.65. The van der Waals surface area contributed by atoms with Crippen molar-refractivity contribution in [2.24, 2.45) is 0 Å². The van der Waals surface area contributed by atoms with Crippen molar-refractivity contribution < 1.29 is 9.53 Å². The van der Waals surface area contributed by atoms with Gasteiger partial charge in [-0.25, -0.2) is 4.98 Å². The maximum atomic E-state index is 12.6. The summed E-state index contributed by atoms with van der Waals surface area (Å²) in [4.78, 5) is 16.6. The van der Waals surface area contributed by atoms with E-state index in [4.69, 9.17) is 4.74 Å². The molecule has 2 aromatic carbocycles. The maximum Gasteiger partial charge on any atom is 0.251 e. The van der Waals surface area contributed by atoms with Gasteiger partial charge in [-0.15, -0.1) is 0 Å². The van der Waals surface area contributed by atoms with Crippen molar-refractivity contribution in [1.82, 2.24) is 20.5 Å². The van der Waals surface area contributed by atoms with Crippen LogP contribution in [0.1, 0.15) is 21.5 Å². The molecular weight excluding hydrogens is 336 g/mol. The fourth-order valence-electron chi connectivity index (χ4n) is 2.34. The molecule has 7 heteroatoms. The molecule has 1 aromatic heterocycles. The summed E-state index contributed by atoms with van der Waals surface area (Å²) in [5, 5.41) is 10.3. The molecule has 0 saturated heterocycles. The zero-order valence-electron chi connectivity index (χ0n) is 13.7. The lowest BCUT2D eigenvalue weighted by Crippen LogP contribution is -2.23. The van der Waals surface area contributed by atoms with Gasteiger partial charge in [0.15, 0.2) is 5.16 Å². The summed E-state index contributed by atoms with van der Waals surface area (Å²) in [5.74, 6) is 1.31. The Labute approximate surface area is 150 Å². The van der Waals surface area contributed by atoms with Gasteiger partial charge in [-0.2, -0.15) is 5.10 Å². The molecule has 0 fully saturated rings. The molecule has 0 saturated carbocycles. The number of aromatic amines is 1. The standard InChI is InChI=1S/C18H18N4O2S/c1-24-15-7-4-5-13(9-15)10-19-17(23)16-8-3-2-6-14(16)11-25-18-20-12-21-22-18/h2-9,12H,10-11H2,1H3,(H,19,23)(H,20,21,22). The van der Waals surface area contributed by atoms with Crippen LogP contribution in [0.5, 0.6) is 5.75 Å². The van der Waals surface area contributed by atoms with Crippen LogP contribution in [0.2, 0.25) is 0 Å². The summed E-state index contributed by atoms with van der Waals surface area (Å²) in [6, 6.07) is 15.2. The number of methoxy groups -OCH3 is 1. The molecule has 0 aliphatic carbocycles. The van der Waals surface area contributed by atoms with Crippen LogP contribution in [0, 0.1) is 0 Å². The second kappa shape index (κ2) is 8.34. The number of amides is 1. The fourth-order valence-corrected chi connectivity index (χ4v) is 3.12. The van der Waals surface area contributed by atoms with E-state index in [9.17, 15) is 4.79 Å². The van der Waals surface area contributed by atoms with Gasteiger partial charge >= 0.3 is 0 Å². The van der Waals surface area contributed by atoms with Gasteiger partial charge in [-0.3, -0.25) is 9.89 Å². The molecule has 0 radical (unpaired) electrons. The average molecular weight is 354 g/mol. The van der Waals surface area contributed by atoms with Crippen LogP contribution >= 0.6 is 11.8 Å². The molecule has 0 spiro atoms. The van der Waals surface area contributed by atoms with Crippen molar-refractivity contribution in [3.8, 4) is 5.75 Å². The summed E-state index contributed by atoms with van der Waals surface area (Å²) in [5.41, 5.74) is 2.60. The quantitative estimate of drug-likeness (QED) is 0.638. The van der Waals surface area contributed by atoms with E-state index in [1.165, 1.54) is 18.1 Å². The maximum absolute atomic E-state index is 12.6. The molecule has 0 bridgehead atoms. The number of rotatable bonds is 7. The molecule has 3 rings (SSSR count). The minimum atomic E-state index is -0.100. The molecular formula is C18H18N4O2S. The summed E-state index contributed by atoms with van der Waals surface area (Å²) >= 11 is 1.51. The van der Waals surface area contributed by atoms with Gasteiger partial charge in [0.1, 0.15) is 12.1 Å². The predicted octanol–water partition coefficient (Wildman–Crippen LogP) is 3.04. The summed E-state index contributed by atoms with van der Waals surface area (Å²) in [6.45, 7) is 0.444. The van der Waals surface area contributed by atoms with Crippen molar-refractivity contribution in [1.29, 1.82) is 0 Å². The van der Waals surface area contributed by atoms with Gasteiger partial charge in [-0.05, 0) is 29.3 Å². The summed E-state index contributed by atoms with van der Waals surface area (Å²) in [7, 11) is 1.63. The second-order valence-corrected chi connectivity index (χ2v) is 6.23. The van der Waals surface area contributed by atoms with Crippen LogP contribution in [0.15, 0.2) is 60.0 Å². The monoisotopic (exact) mass is 354 g/mol. The lowest BCUT2D eigenvalue weighted by molar-refractivity contribution is 0.0950. The Hall–Kier alpha value is -2.80. The minimum Gasteiger partial charge on any atom is -0.497 e. The highest BCUT2D eigenvalue weighted by Crippen LogP contribution is 2.21. The van der Waals surface area contributed by atoms with Gasteiger partial charge in [0, 0.05) is 17.9 Å². The molecule has 0 aliphatic rings. The molecule has 0 aliphatic heterocycles. The second-order valence-electron chi connectivity index (χ2n) is 5.27. The lowest BCUT2D eigenvalue weighted by Gasteiger charge is -2.10. The first-order chi connectivity index (χ1) is 12.3. The molecule has 0 unspecified atom stereocenters. The van der Waals surface area contributed by atoms with Gasteiger partial charge in [-0.1, -0.05) is 42.1 Å². The Kier molecular flexibility index (Phi) is 5.69. The summed E-state index contributed by atoms with van der Waals surface area (Å²) < 4.78 is 5.20. The van der Waals surface area contributed by atoms with Gasteiger partial charge in [0.05, 0.1) is 7.11 Å². The largest absolute Gasteiger partial charge is 0.497 e. The van der Waals surface area contributed by atoms with Crippen molar-refractivity contribution in [3.63, 3.8) is 0 Å². The first-order valence-electron chi connectivity index (χ1n) is 7.73. The van der Waals surface area contributed by atoms with Crippen molar-refractivity contribution in [2.45, 2.75) is 17.5 Å². The van der Waals surface area contributed by atoms with Crippen LogP contribution in [0.3, 0.4) is 0 Å². The highest BCUT2D eigenvalue weighted by atomic mass is 32.2. The Morgan fingerprint density at radius 2 is 2.12 bits per heavy atom. The van der Waals surface area contributed by atoms with E-state index in [0.717, 1.165) is 22.0 Å². The molecule has 128 valence electrons. The zero-order chi connectivity index (χ0) is 17.5. The van der Waals surface area contributed by atoms with E-state index in [1.54, 1.807) is 7.11 Å². The number of ether oxygens (including phenoxy) is 1. The lowest BCUT2D eigenvalue weighted by atomic mass is 10.1. The SMILES string of the molecule is COc1cccc(CNC(=O)c2ccccc2CSc2ncn[nH]2)c1. The normalized spacial score (nSPS) is 10.4. The summed E-state index contributed by atoms with van der Waals surface area (Å²) in [6.07, 6.45) is 1.47. The van der Waals surface area contributed by atoms with Gasteiger partial charge < -0.3 is 10.1 Å². The van der Waals surface area contributed by atoms with Crippen LogP contribution in [-0.2, 0) is 12.3 Å². The fraction of sp³-hybridized carbons (Fsp3) is 0.167. The smallest absolute Gasteiger partial charge is 0.251 e. The number of hydrogen-bond acceptors (Lipinski definition) is 5. The number of H-pyrrole nitrogens is 1.